The van der Waals surface area contributed by atoms with Crippen molar-refractivity contribution in [2.45, 2.75) is 38.3 Å². The zero-order chi connectivity index (χ0) is 15.8. The van der Waals surface area contributed by atoms with Gasteiger partial charge in [0.15, 0.2) is 0 Å². The van der Waals surface area contributed by atoms with Gasteiger partial charge in [-0.05, 0) is 34.9 Å². The quantitative estimate of drug-likeness (QED) is 0.765. The zero-order valence-electron chi connectivity index (χ0n) is 13.3. The molecule has 0 saturated carbocycles. The van der Waals surface area contributed by atoms with Gasteiger partial charge in [0.25, 0.3) is 0 Å². The smallest absolute Gasteiger partial charge is 0.222 e. The van der Waals surface area contributed by atoms with Crippen LogP contribution in [0.5, 0.6) is 0 Å². The topological polar surface area (TPSA) is 42.7 Å². The Morgan fingerprint density at radius 2 is 2.04 bits per heavy atom. The molecule has 0 amide bonds. The van der Waals surface area contributed by atoms with E-state index < -0.39 is 0 Å². The van der Waals surface area contributed by atoms with Crippen LogP contribution in [0.15, 0.2) is 48.1 Å². The highest BCUT2D eigenvalue weighted by Gasteiger charge is 2.30. The van der Waals surface area contributed by atoms with E-state index in [1.807, 2.05) is 4.68 Å². The Balaban J connectivity index is 1.66. The first-order valence-corrected chi connectivity index (χ1v) is 8.89. The Labute approximate surface area is 140 Å². The minimum atomic E-state index is 0.253. The van der Waals surface area contributed by atoms with Gasteiger partial charge in [-0.15, -0.1) is 11.3 Å². The molecule has 0 bridgehead atoms. The summed E-state index contributed by atoms with van der Waals surface area (Å²) in [6.45, 7) is 4.45. The van der Waals surface area contributed by atoms with Crippen molar-refractivity contribution in [2.24, 2.45) is 0 Å². The van der Waals surface area contributed by atoms with Crippen molar-refractivity contribution in [1.29, 1.82) is 0 Å². The molecule has 1 aliphatic rings. The van der Waals surface area contributed by atoms with E-state index in [-0.39, 0.29) is 12.1 Å². The molecule has 1 aromatic carbocycles. The van der Waals surface area contributed by atoms with Crippen molar-refractivity contribution >= 4 is 17.3 Å². The second kappa shape index (κ2) is 5.81. The summed E-state index contributed by atoms with van der Waals surface area (Å²) in [6, 6.07) is 13.8. The number of nitrogens with one attached hydrogen (secondary N) is 1. The molecule has 5 heteroatoms. The van der Waals surface area contributed by atoms with Crippen LogP contribution in [0.3, 0.4) is 0 Å². The van der Waals surface area contributed by atoms with Crippen LogP contribution in [-0.4, -0.2) is 14.8 Å². The maximum Gasteiger partial charge on any atom is 0.222 e. The zero-order valence-corrected chi connectivity index (χ0v) is 14.1. The van der Waals surface area contributed by atoms with Gasteiger partial charge in [0, 0.05) is 4.88 Å². The molecule has 0 saturated heterocycles. The number of thiophene rings is 1. The summed E-state index contributed by atoms with van der Waals surface area (Å²) in [6.07, 6.45) is 2.62. The molecule has 3 aromatic rings. The molecule has 0 aliphatic carbocycles. The maximum absolute atomic E-state index is 4.41. The van der Waals surface area contributed by atoms with Crippen LogP contribution < -0.4 is 5.32 Å². The monoisotopic (exact) mass is 324 g/mol. The van der Waals surface area contributed by atoms with Gasteiger partial charge in [0.1, 0.15) is 6.33 Å². The second-order valence-electron chi connectivity index (χ2n) is 6.31. The van der Waals surface area contributed by atoms with E-state index in [0.717, 1.165) is 12.4 Å². The Morgan fingerprint density at radius 1 is 1.22 bits per heavy atom. The van der Waals surface area contributed by atoms with Crippen molar-refractivity contribution in [3.8, 4) is 0 Å². The maximum atomic E-state index is 4.41. The number of benzene rings is 1. The summed E-state index contributed by atoms with van der Waals surface area (Å²) >= 11 is 1.78. The summed E-state index contributed by atoms with van der Waals surface area (Å²) in [5, 5.41) is 10.1. The van der Waals surface area contributed by atoms with E-state index in [9.17, 15) is 0 Å². The first kappa shape index (κ1) is 14.5. The lowest BCUT2D eigenvalue weighted by Gasteiger charge is -2.31. The lowest BCUT2D eigenvalue weighted by atomic mass is 9.94. The van der Waals surface area contributed by atoms with Crippen LogP contribution in [0.1, 0.15) is 54.3 Å². The Morgan fingerprint density at radius 3 is 2.74 bits per heavy atom. The lowest BCUT2D eigenvalue weighted by Crippen LogP contribution is -2.27. The predicted octanol–water partition coefficient (Wildman–Crippen LogP) is 4.61. The van der Waals surface area contributed by atoms with E-state index in [1.54, 1.807) is 17.7 Å². The van der Waals surface area contributed by atoms with Gasteiger partial charge in [0.05, 0.1) is 12.1 Å². The number of hydrogen-bond acceptors (Lipinski definition) is 4. The minimum absolute atomic E-state index is 0.253. The van der Waals surface area contributed by atoms with Crippen LogP contribution in [-0.2, 0) is 0 Å². The Bertz CT molecular complexity index is 774. The molecule has 2 unspecified atom stereocenters. The Kier molecular flexibility index (Phi) is 3.65. The summed E-state index contributed by atoms with van der Waals surface area (Å²) in [5.74, 6) is 1.41. The molecule has 1 aliphatic heterocycles. The molecule has 0 spiro atoms. The molecule has 0 radical (unpaired) electrons. The number of anilines is 1. The van der Waals surface area contributed by atoms with Crippen molar-refractivity contribution in [3.63, 3.8) is 0 Å². The number of fused-ring (bicyclic) bond motifs is 1. The number of aromatic nitrogens is 3. The molecule has 3 heterocycles. The summed E-state index contributed by atoms with van der Waals surface area (Å²) < 4.78 is 2.00. The minimum Gasteiger partial charge on any atom is -0.348 e. The lowest BCUT2D eigenvalue weighted by molar-refractivity contribution is 0.436. The third-order valence-corrected chi connectivity index (χ3v) is 5.48. The summed E-state index contributed by atoms with van der Waals surface area (Å²) in [4.78, 5) is 5.72. The van der Waals surface area contributed by atoms with Crippen LogP contribution in [0.25, 0.3) is 0 Å². The molecule has 23 heavy (non-hydrogen) atoms. The largest absolute Gasteiger partial charge is 0.348 e. The van der Waals surface area contributed by atoms with Crippen molar-refractivity contribution in [2.75, 3.05) is 5.32 Å². The van der Waals surface area contributed by atoms with Gasteiger partial charge < -0.3 is 5.32 Å². The normalized spacial score (nSPS) is 20.3. The second-order valence-corrected chi connectivity index (χ2v) is 7.29. The average Bonchev–Trinajstić information content (AvgIpc) is 3.25. The first-order chi connectivity index (χ1) is 11.2. The molecule has 4 nitrogen and oxygen atoms in total. The van der Waals surface area contributed by atoms with Crippen molar-refractivity contribution in [1.82, 2.24) is 14.8 Å². The van der Waals surface area contributed by atoms with Crippen molar-refractivity contribution < 1.29 is 0 Å². The summed E-state index contributed by atoms with van der Waals surface area (Å²) in [7, 11) is 0. The summed E-state index contributed by atoms with van der Waals surface area (Å²) in [5.41, 5.74) is 2.69. The van der Waals surface area contributed by atoms with Gasteiger partial charge in [-0.1, -0.05) is 44.2 Å². The van der Waals surface area contributed by atoms with E-state index in [1.165, 1.54) is 16.0 Å². The number of nitrogens with zero attached hydrogens (tertiary/aromatic N) is 3. The molecule has 2 aromatic heterocycles. The molecule has 4 rings (SSSR count). The highest BCUT2D eigenvalue weighted by atomic mass is 32.1. The van der Waals surface area contributed by atoms with Crippen molar-refractivity contribution in [3.05, 3.63) is 64.1 Å². The molecule has 2 atom stereocenters. The highest BCUT2D eigenvalue weighted by molar-refractivity contribution is 7.10. The average molecular weight is 324 g/mol. The van der Waals surface area contributed by atoms with Crippen LogP contribution >= 0.6 is 11.3 Å². The molecular weight excluding hydrogens is 304 g/mol. The molecule has 0 fully saturated rings. The third-order valence-electron chi connectivity index (χ3n) is 4.51. The predicted molar refractivity (Wildman–Crippen MR) is 94.0 cm³/mol. The van der Waals surface area contributed by atoms with E-state index >= 15 is 0 Å². The van der Waals surface area contributed by atoms with Gasteiger partial charge in [-0.2, -0.15) is 10.1 Å². The molecule has 118 valence electrons. The van der Waals surface area contributed by atoms with E-state index in [2.05, 4.69) is 71.0 Å². The van der Waals surface area contributed by atoms with Gasteiger partial charge in [-0.25, -0.2) is 4.68 Å². The fourth-order valence-electron chi connectivity index (χ4n) is 3.17. The molecule has 1 N–H and O–H groups in total. The number of rotatable bonds is 3. The molecular formula is C18H20N4S. The fourth-order valence-corrected chi connectivity index (χ4v) is 3.99. The van der Waals surface area contributed by atoms with Crippen LogP contribution in [0.2, 0.25) is 0 Å². The third kappa shape index (κ3) is 2.65. The number of hydrogen-bond donors (Lipinski definition) is 1. The standard InChI is InChI=1S/C18H20N4S/c1-12(2)13-5-7-14(8-6-13)15-10-16(17-4-3-9-23-17)22-18(21-15)19-11-20-22/h3-9,11-12,15-16H,10H2,1-2H3,(H,19,20,21). The fraction of sp³-hybridized carbons (Fsp3) is 0.333. The highest BCUT2D eigenvalue weighted by Crippen LogP contribution is 2.38. The van der Waals surface area contributed by atoms with Crippen LogP contribution in [0.4, 0.5) is 5.95 Å². The van der Waals surface area contributed by atoms with Gasteiger partial charge in [0.2, 0.25) is 5.95 Å². The van der Waals surface area contributed by atoms with Gasteiger partial charge in [-0.3, -0.25) is 0 Å². The van der Waals surface area contributed by atoms with E-state index in [4.69, 9.17) is 0 Å². The van der Waals surface area contributed by atoms with E-state index in [0.29, 0.717) is 5.92 Å². The first-order valence-electron chi connectivity index (χ1n) is 8.01. The van der Waals surface area contributed by atoms with Crippen LogP contribution in [0, 0.1) is 0 Å². The Hall–Kier alpha value is -2.14. The SMILES string of the molecule is CC(C)c1ccc(C2CC(c3cccs3)n3ncnc3N2)cc1. The van der Waals surface area contributed by atoms with Gasteiger partial charge >= 0.3 is 0 Å².